The van der Waals surface area contributed by atoms with Gasteiger partial charge in [-0.15, -0.1) is 11.8 Å². The molecule has 1 aromatic carbocycles. The van der Waals surface area contributed by atoms with Crippen molar-refractivity contribution >= 4 is 23.4 Å². The Labute approximate surface area is 132 Å². The Morgan fingerprint density at radius 2 is 2.14 bits per heavy atom. The molecule has 0 fully saturated rings. The smallest absolute Gasteiger partial charge is 0.309 e. The first-order valence-corrected chi connectivity index (χ1v) is 7.79. The van der Waals surface area contributed by atoms with Gasteiger partial charge in [-0.25, -0.2) is 0 Å². The number of hydrogen-bond acceptors (Lipinski definition) is 5. The standard InChI is InChI=1S/C15H16N2O4S/c1-10-4-5-14(17(19)20)12(6-10)8-16-9-13(22-3)7-15(16)21-11(2)18/h4-7,9H,8H2,1-3H3. The number of hydrogen-bond donors (Lipinski definition) is 0. The van der Waals surface area contributed by atoms with Gasteiger partial charge < -0.3 is 9.30 Å². The summed E-state index contributed by atoms with van der Waals surface area (Å²) in [5.74, 6) is -0.0431. The van der Waals surface area contributed by atoms with Crippen LogP contribution < -0.4 is 4.74 Å². The second-order valence-electron chi connectivity index (χ2n) is 4.83. The third-order valence-electron chi connectivity index (χ3n) is 3.09. The predicted molar refractivity (Wildman–Crippen MR) is 84.5 cm³/mol. The number of aryl methyl sites for hydroxylation is 1. The van der Waals surface area contributed by atoms with E-state index in [1.54, 1.807) is 22.8 Å². The minimum absolute atomic E-state index is 0.0544. The van der Waals surface area contributed by atoms with Gasteiger partial charge in [0.05, 0.1) is 11.5 Å². The molecule has 0 aliphatic rings. The SMILES string of the molecule is CSc1cc(OC(C)=O)n(Cc2cc(C)ccc2[N+](=O)[O-])c1. The normalized spacial score (nSPS) is 10.5. The first-order valence-electron chi connectivity index (χ1n) is 6.57. The van der Waals surface area contributed by atoms with Gasteiger partial charge in [-0.2, -0.15) is 0 Å². The first kappa shape index (κ1) is 16.1. The molecule has 0 saturated heterocycles. The summed E-state index contributed by atoms with van der Waals surface area (Å²) < 4.78 is 6.87. The third kappa shape index (κ3) is 3.67. The molecule has 0 saturated carbocycles. The van der Waals surface area contributed by atoms with E-state index in [9.17, 15) is 14.9 Å². The number of carbonyl (C=O) groups excluding carboxylic acids is 1. The van der Waals surface area contributed by atoms with Crippen molar-refractivity contribution < 1.29 is 14.5 Å². The lowest BCUT2D eigenvalue weighted by Crippen LogP contribution is -2.09. The van der Waals surface area contributed by atoms with Gasteiger partial charge in [0.25, 0.3) is 5.69 Å². The van der Waals surface area contributed by atoms with Gasteiger partial charge in [0, 0.05) is 35.7 Å². The number of carbonyl (C=O) groups is 1. The summed E-state index contributed by atoms with van der Waals surface area (Å²) in [4.78, 5) is 22.9. The number of ether oxygens (including phenoxy) is 1. The third-order valence-corrected chi connectivity index (χ3v) is 3.78. The van der Waals surface area contributed by atoms with Crippen LogP contribution in [-0.2, 0) is 11.3 Å². The molecule has 0 bridgehead atoms. The maximum atomic E-state index is 11.2. The fourth-order valence-electron chi connectivity index (χ4n) is 2.13. The average Bonchev–Trinajstić information content (AvgIpc) is 2.80. The molecule has 0 N–H and O–H groups in total. The molecule has 7 heteroatoms. The lowest BCUT2D eigenvalue weighted by molar-refractivity contribution is -0.385. The average molecular weight is 320 g/mol. The van der Waals surface area contributed by atoms with E-state index in [0.29, 0.717) is 11.4 Å². The van der Waals surface area contributed by atoms with Crippen molar-refractivity contribution in [3.05, 3.63) is 51.7 Å². The quantitative estimate of drug-likeness (QED) is 0.365. The number of thioether (sulfide) groups is 1. The van der Waals surface area contributed by atoms with E-state index in [0.717, 1.165) is 10.5 Å². The van der Waals surface area contributed by atoms with Crippen molar-refractivity contribution in [1.82, 2.24) is 4.57 Å². The molecule has 2 rings (SSSR count). The molecule has 0 spiro atoms. The highest BCUT2D eigenvalue weighted by Crippen LogP contribution is 2.28. The molecule has 1 aromatic heterocycles. The summed E-state index contributed by atoms with van der Waals surface area (Å²) in [6.07, 6.45) is 3.72. The summed E-state index contributed by atoms with van der Waals surface area (Å²) in [5.41, 5.74) is 1.56. The number of nitro benzene ring substituents is 1. The molecule has 0 amide bonds. The van der Waals surface area contributed by atoms with Crippen LogP contribution in [0.1, 0.15) is 18.1 Å². The minimum Gasteiger partial charge on any atom is -0.409 e. The Hall–Kier alpha value is -2.28. The number of esters is 1. The first-order chi connectivity index (χ1) is 10.4. The summed E-state index contributed by atoms with van der Waals surface area (Å²) in [6, 6.07) is 6.72. The Kier molecular flexibility index (Phi) is 4.87. The fraction of sp³-hybridized carbons (Fsp3) is 0.267. The van der Waals surface area contributed by atoms with E-state index in [1.165, 1.54) is 24.8 Å². The van der Waals surface area contributed by atoms with E-state index >= 15 is 0 Å². The van der Waals surface area contributed by atoms with E-state index in [-0.39, 0.29) is 12.2 Å². The highest BCUT2D eigenvalue weighted by Gasteiger charge is 2.16. The summed E-state index contributed by atoms with van der Waals surface area (Å²) in [6.45, 7) is 3.47. The molecule has 6 nitrogen and oxygen atoms in total. The largest absolute Gasteiger partial charge is 0.409 e. The van der Waals surface area contributed by atoms with Crippen LogP contribution in [0.2, 0.25) is 0 Å². The van der Waals surface area contributed by atoms with Gasteiger partial charge >= 0.3 is 5.97 Å². The lowest BCUT2D eigenvalue weighted by Gasteiger charge is -2.09. The maximum absolute atomic E-state index is 11.2. The van der Waals surface area contributed by atoms with Crippen molar-refractivity contribution in [3.8, 4) is 5.88 Å². The second kappa shape index (κ2) is 6.65. The highest BCUT2D eigenvalue weighted by molar-refractivity contribution is 7.98. The van der Waals surface area contributed by atoms with Gasteiger partial charge in [-0.05, 0) is 19.2 Å². The van der Waals surface area contributed by atoms with Crippen LogP contribution in [-0.4, -0.2) is 21.7 Å². The molecule has 22 heavy (non-hydrogen) atoms. The molecular formula is C15H16N2O4S. The number of rotatable bonds is 5. The van der Waals surface area contributed by atoms with Gasteiger partial charge in [0.2, 0.25) is 5.88 Å². The molecule has 0 atom stereocenters. The van der Waals surface area contributed by atoms with Crippen LogP contribution in [0.15, 0.2) is 35.4 Å². The van der Waals surface area contributed by atoms with Gasteiger partial charge in [0.1, 0.15) is 0 Å². The Balaban J connectivity index is 2.42. The van der Waals surface area contributed by atoms with E-state index in [4.69, 9.17) is 4.74 Å². The lowest BCUT2D eigenvalue weighted by atomic mass is 10.1. The topological polar surface area (TPSA) is 74.4 Å². The number of nitro groups is 1. The van der Waals surface area contributed by atoms with Gasteiger partial charge in [0.15, 0.2) is 0 Å². The molecule has 0 unspecified atom stereocenters. The molecule has 0 aliphatic heterocycles. The number of benzene rings is 1. The Bertz CT molecular complexity index is 724. The monoisotopic (exact) mass is 320 g/mol. The zero-order valence-electron chi connectivity index (χ0n) is 12.5. The molecule has 2 aromatic rings. The van der Waals surface area contributed by atoms with Crippen LogP contribution in [0.25, 0.3) is 0 Å². The zero-order valence-corrected chi connectivity index (χ0v) is 13.3. The van der Waals surface area contributed by atoms with Crippen LogP contribution >= 0.6 is 11.8 Å². The van der Waals surface area contributed by atoms with E-state index in [2.05, 4.69) is 0 Å². The molecule has 0 aliphatic carbocycles. The predicted octanol–water partition coefficient (Wildman–Crippen LogP) is 3.40. The molecule has 0 radical (unpaired) electrons. The Morgan fingerprint density at radius 3 is 2.73 bits per heavy atom. The molecular weight excluding hydrogens is 304 g/mol. The van der Waals surface area contributed by atoms with Gasteiger partial charge in [-0.3, -0.25) is 14.9 Å². The van der Waals surface area contributed by atoms with Crippen molar-refractivity contribution in [2.24, 2.45) is 0 Å². The second-order valence-corrected chi connectivity index (χ2v) is 5.71. The van der Waals surface area contributed by atoms with Crippen molar-refractivity contribution in [2.75, 3.05) is 6.26 Å². The van der Waals surface area contributed by atoms with Crippen LogP contribution in [0.5, 0.6) is 5.88 Å². The summed E-state index contributed by atoms with van der Waals surface area (Å²) in [5, 5.41) is 11.2. The fourth-order valence-corrected chi connectivity index (χ4v) is 2.58. The van der Waals surface area contributed by atoms with E-state index in [1.807, 2.05) is 19.4 Å². The highest BCUT2D eigenvalue weighted by atomic mass is 32.2. The summed E-state index contributed by atoms with van der Waals surface area (Å²) >= 11 is 1.51. The van der Waals surface area contributed by atoms with Crippen molar-refractivity contribution in [1.29, 1.82) is 0 Å². The zero-order chi connectivity index (χ0) is 16.3. The molecule has 116 valence electrons. The maximum Gasteiger partial charge on any atom is 0.309 e. The number of nitrogens with zero attached hydrogens (tertiary/aromatic N) is 2. The number of aromatic nitrogens is 1. The minimum atomic E-state index is -0.425. The summed E-state index contributed by atoms with van der Waals surface area (Å²) in [7, 11) is 0. The molecule has 1 heterocycles. The van der Waals surface area contributed by atoms with Crippen LogP contribution in [0.4, 0.5) is 5.69 Å². The van der Waals surface area contributed by atoms with Crippen molar-refractivity contribution in [2.45, 2.75) is 25.3 Å². The van der Waals surface area contributed by atoms with Gasteiger partial charge in [-0.1, -0.05) is 11.6 Å². The van der Waals surface area contributed by atoms with E-state index < -0.39 is 10.9 Å². The Morgan fingerprint density at radius 1 is 1.41 bits per heavy atom. The van der Waals surface area contributed by atoms with Crippen LogP contribution in [0, 0.1) is 17.0 Å². The van der Waals surface area contributed by atoms with Crippen molar-refractivity contribution in [3.63, 3.8) is 0 Å². The van der Waals surface area contributed by atoms with Crippen LogP contribution in [0.3, 0.4) is 0 Å².